The summed E-state index contributed by atoms with van der Waals surface area (Å²) in [5.41, 5.74) is 0. The average molecular weight is 245 g/mol. The van der Waals surface area contributed by atoms with Gasteiger partial charge >= 0.3 is 0 Å². The molecule has 100 valence electrons. The predicted octanol–water partition coefficient (Wildman–Crippen LogP) is 3.69. The summed E-state index contributed by atoms with van der Waals surface area (Å²) in [6, 6.07) is 0.813. The SMILES string of the molecule is CN(CC#C[C@H]1C[C@@H]2CC[C@@H]1C2)C1CCCCC1. The molecule has 3 atom stereocenters. The van der Waals surface area contributed by atoms with E-state index in [2.05, 4.69) is 23.8 Å². The van der Waals surface area contributed by atoms with E-state index in [0.29, 0.717) is 0 Å². The van der Waals surface area contributed by atoms with E-state index >= 15 is 0 Å². The smallest absolute Gasteiger partial charge is 0.0601 e. The molecule has 0 aromatic carbocycles. The first-order valence-corrected chi connectivity index (χ1v) is 8.01. The van der Waals surface area contributed by atoms with Gasteiger partial charge in [0.1, 0.15) is 0 Å². The van der Waals surface area contributed by atoms with Gasteiger partial charge in [0.05, 0.1) is 6.54 Å². The third-order valence-electron chi connectivity index (χ3n) is 5.55. The van der Waals surface area contributed by atoms with Gasteiger partial charge in [-0.2, -0.15) is 0 Å². The van der Waals surface area contributed by atoms with Gasteiger partial charge in [0.2, 0.25) is 0 Å². The molecule has 0 aromatic heterocycles. The van der Waals surface area contributed by atoms with Gasteiger partial charge in [-0.25, -0.2) is 0 Å². The monoisotopic (exact) mass is 245 g/mol. The third-order valence-corrected chi connectivity index (χ3v) is 5.55. The minimum atomic E-state index is 0.753. The van der Waals surface area contributed by atoms with Crippen LogP contribution in [0.1, 0.15) is 57.8 Å². The van der Waals surface area contributed by atoms with Gasteiger partial charge < -0.3 is 0 Å². The minimum absolute atomic E-state index is 0.753. The fourth-order valence-corrected chi connectivity index (χ4v) is 4.37. The molecule has 0 saturated heterocycles. The second kappa shape index (κ2) is 5.66. The van der Waals surface area contributed by atoms with Crippen molar-refractivity contribution in [2.24, 2.45) is 17.8 Å². The fraction of sp³-hybridized carbons (Fsp3) is 0.882. The molecule has 3 saturated carbocycles. The molecule has 0 unspecified atom stereocenters. The Balaban J connectivity index is 1.46. The molecule has 18 heavy (non-hydrogen) atoms. The van der Waals surface area contributed by atoms with Gasteiger partial charge in [-0.1, -0.05) is 37.5 Å². The number of nitrogens with zero attached hydrogens (tertiary/aromatic N) is 1. The number of hydrogen-bond donors (Lipinski definition) is 0. The lowest BCUT2D eigenvalue weighted by molar-refractivity contribution is 0.212. The largest absolute Gasteiger partial charge is 0.292 e. The molecule has 0 aliphatic heterocycles. The highest BCUT2D eigenvalue weighted by molar-refractivity contribution is 5.11. The van der Waals surface area contributed by atoms with Crippen LogP contribution in [0.2, 0.25) is 0 Å². The maximum atomic E-state index is 3.59. The first-order chi connectivity index (χ1) is 8.83. The van der Waals surface area contributed by atoms with Crippen molar-refractivity contribution in [1.29, 1.82) is 0 Å². The van der Waals surface area contributed by atoms with Crippen molar-refractivity contribution in [3.63, 3.8) is 0 Å². The van der Waals surface area contributed by atoms with Crippen LogP contribution < -0.4 is 0 Å². The predicted molar refractivity (Wildman–Crippen MR) is 76.2 cm³/mol. The molecular weight excluding hydrogens is 218 g/mol. The maximum Gasteiger partial charge on any atom is 0.0601 e. The maximum absolute atomic E-state index is 3.59. The zero-order valence-corrected chi connectivity index (χ0v) is 11.8. The van der Waals surface area contributed by atoms with Crippen molar-refractivity contribution >= 4 is 0 Å². The average Bonchev–Trinajstić information content (AvgIpc) is 3.02. The van der Waals surface area contributed by atoms with Crippen LogP contribution in [0.4, 0.5) is 0 Å². The minimum Gasteiger partial charge on any atom is -0.292 e. The lowest BCUT2D eigenvalue weighted by Crippen LogP contribution is -2.33. The molecule has 3 aliphatic carbocycles. The normalized spacial score (nSPS) is 35.8. The molecule has 0 spiro atoms. The summed E-state index contributed by atoms with van der Waals surface area (Å²) >= 11 is 0. The first-order valence-electron chi connectivity index (χ1n) is 8.01. The van der Waals surface area contributed by atoms with Gasteiger partial charge in [-0.3, -0.25) is 4.90 Å². The van der Waals surface area contributed by atoms with Crippen LogP contribution in [-0.2, 0) is 0 Å². The van der Waals surface area contributed by atoms with Crippen LogP contribution >= 0.6 is 0 Å². The summed E-state index contributed by atoms with van der Waals surface area (Å²) in [7, 11) is 2.27. The van der Waals surface area contributed by atoms with Crippen LogP contribution in [-0.4, -0.2) is 24.5 Å². The lowest BCUT2D eigenvalue weighted by Gasteiger charge is -2.29. The quantitative estimate of drug-likeness (QED) is 0.671. The van der Waals surface area contributed by atoms with E-state index in [1.807, 2.05) is 0 Å². The van der Waals surface area contributed by atoms with Crippen molar-refractivity contribution in [2.75, 3.05) is 13.6 Å². The van der Waals surface area contributed by atoms with Crippen molar-refractivity contribution < 1.29 is 0 Å². The molecule has 3 rings (SSSR count). The molecule has 0 N–H and O–H groups in total. The molecule has 1 heteroatoms. The summed E-state index contributed by atoms with van der Waals surface area (Å²) in [5.74, 6) is 9.82. The molecule has 0 heterocycles. The van der Waals surface area contributed by atoms with E-state index in [0.717, 1.165) is 30.3 Å². The number of hydrogen-bond acceptors (Lipinski definition) is 1. The summed E-state index contributed by atoms with van der Waals surface area (Å²) in [6.45, 7) is 0.999. The Kier molecular flexibility index (Phi) is 3.94. The van der Waals surface area contributed by atoms with Crippen LogP contribution in [0.25, 0.3) is 0 Å². The van der Waals surface area contributed by atoms with Gasteiger partial charge in [-0.05, 0) is 51.0 Å². The Labute approximate surface area is 112 Å². The fourth-order valence-electron chi connectivity index (χ4n) is 4.37. The number of rotatable bonds is 2. The van der Waals surface area contributed by atoms with E-state index in [9.17, 15) is 0 Å². The second-order valence-electron chi connectivity index (χ2n) is 6.81. The molecule has 3 fully saturated rings. The summed E-state index contributed by atoms with van der Waals surface area (Å²) in [6.07, 6.45) is 12.9. The van der Waals surface area contributed by atoms with Crippen LogP contribution in [0.15, 0.2) is 0 Å². The highest BCUT2D eigenvalue weighted by Gasteiger charge is 2.38. The van der Waals surface area contributed by atoms with Gasteiger partial charge in [0, 0.05) is 12.0 Å². The summed E-state index contributed by atoms with van der Waals surface area (Å²) in [4.78, 5) is 2.50. The zero-order chi connectivity index (χ0) is 12.4. The van der Waals surface area contributed by atoms with Crippen molar-refractivity contribution in [3.05, 3.63) is 0 Å². The van der Waals surface area contributed by atoms with Crippen molar-refractivity contribution in [1.82, 2.24) is 4.90 Å². The third kappa shape index (κ3) is 2.75. The highest BCUT2D eigenvalue weighted by atomic mass is 15.1. The molecular formula is C17H27N. The topological polar surface area (TPSA) is 3.24 Å². The Morgan fingerprint density at radius 1 is 1.00 bits per heavy atom. The molecule has 1 nitrogen and oxygen atoms in total. The summed E-state index contributed by atoms with van der Waals surface area (Å²) in [5, 5.41) is 0. The number of fused-ring (bicyclic) bond motifs is 2. The van der Waals surface area contributed by atoms with Crippen LogP contribution in [0.5, 0.6) is 0 Å². The van der Waals surface area contributed by atoms with Crippen molar-refractivity contribution in [2.45, 2.75) is 63.8 Å². The Hall–Kier alpha value is -0.480. The lowest BCUT2D eigenvalue weighted by atomic mass is 9.89. The Morgan fingerprint density at radius 2 is 1.83 bits per heavy atom. The van der Waals surface area contributed by atoms with E-state index < -0.39 is 0 Å². The highest BCUT2D eigenvalue weighted by Crippen LogP contribution is 2.47. The van der Waals surface area contributed by atoms with Gasteiger partial charge in [-0.15, -0.1) is 0 Å². The van der Waals surface area contributed by atoms with E-state index in [4.69, 9.17) is 0 Å². The van der Waals surface area contributed by atoms with Gasteiger partial charge in [0.15, 0.2) is 0 Å². The van der Waals surface area contributed by atoms with E-state index in [1.54, 1.807) is 0 Å². The van der Waals surface area contributed by atoms with Crippen molar-refractivity contribution in [3.8, 4) is 11.8 Å². The Morgan fingerprint density at radius 3 is 2.50 bits per heavy atom. The molecule has 0 aromatic rings. The second-order valence-corrected chi connectivity index (χ2v) is 6.81. The van der Waals surface area contributed by atoms with Crippen LogP contribution in [0.3, 0.4) is 0 Å². The van der Waals surface area contributed by atoms with Crippen LogP contribution in [0, 0.1) is 29.6 Å². The molecule has 0 radical (unpaired) electrons. The molecule has 0 amide bonds. The van der Waals surface area contributed by atoms with Gasteiger partial charge in [0.25, 0.3) is 0 Å². The van der Waals surface area contributed by atoms with E-state index in [-0.39, 0.29) is 0 Å². The standard InChI is InChI=1S/C17H27N/c1-18(17-7-3-2-4-8-17)11-5-6-15-12-14-9-10-16(15)13-14/h14-17H,2-4,7-13H2,1H3/t14-,15-,16+/m0/s1. The zero-order valence-electron chi connectivity index (χ0n) is 11.8. The Bertz CT molecular complexity index is 331. The first kappa shape index (κ1) is 12.5. The summed E-state index contributed by atoms with van der Waals surface area (Å²) < 4.78 is 0. The molecule has 2 bridgehead atoms. The van der Waals surface area contributed by atoms with E-state index in [1.165, 1.54) is 57.8 Å². The molecule has 3 aliphatic rings.